The zero-order valence-electron chi connectivity index (χ0n) is 9.64. The SMILES string of the molecule is CCn1ccnc1C(NC)c1snnc1C. The Balaban J connectivity index is 2.40. The largest absolute Gasteiger partial charge is 0.334 e. The van der Waals surface area contributed by atoms with Crippen LogP contribution in [0.3, 0.4) is 0 Å². The summed E-state index contributed by atoms with van der Waals surface area (Å²) in [4.78, 5) is 5.54. The van der Waals surface area contributed by atoms with Crippen LogP contribution in [0, 0.1) is 6.92 Å². The summed E-state index contributed by atoms with van der Waals surface area (Å²) >= 11 is 1.42. The van der Waals surface area contributed by atoms with Crippen LogP contribution in [0.25, 0.3) is 0 Å². The monoisotopic (exact) mass is 237 g/mol. The third-order valence-electron chi connectivity index (χ3n) is 2.58. The van der Waals surface area contributed by atoms with Gasteiger partial charge in [-0.2, -0.15) is 0 Å². The van der Waals surface area contributed by atoms with E-state index < -0.39 is 0 Å². The first-order chi connectivity index (χ1) is 7.77. The highest BCUT2D eigenvalue weighted by molar-refractivity contribution is 7.05. The summed E-state index contributed by atoms with van der Waals surface area (Å²) in [6, 6.07) is 0.0787. The average Bonchev–Trinajstić information content (AvgIpc) is 2.90. The van der Waals surface area contributed by atoms with Crippen LogP contribution in [0.1, 0.15) is 29.4 Å². The lowest BCUT2D eigenvalue weighted by Crippen LogP contribution is -2.21. The van der Waals surface area contributed by atoms with Crippen molar-refractivity contribution in [1.29, 1.82) is 0 Å². The van der Waals surface area contributed by atoms with Crippen LogP contribution in [0.15, 0.2) is 12.4 Å². The van der Waals surface area contributed by atoms with Crippen LogP contribution >= 0.6 is 11.5 Å². The molecule has 5 nitrogen and oxygen atoms in total. The highest BCUT2D eigenvalue weighted by Gasteiger charge is 2.21. The van der Waals surface area contributed by atoms with Crippen molar-refractivity contribution in [2.75, 3.05) is 7.05 Å². The minimum absolute atomic E-state index is 0.0787. The van der Waals surface area contributed by atoms with Crippen LogP contribution in [0.2, 0.25) is 0 Å². The van der Waals surface area contributed by atoms with Crippen LogP contribution in [-0.2, 0) is 6.54 Å². The maximum Gasteiger partial charge on any atom is 0.131 e. The van der Waals surface area contributed by atoms with Gasteiger partial charge in [-0.15, -0.1) is 5.10 Å². The summed E-state index contributed by atoms with van der Waals surface area (Å²) in [5.74, 6) is 1.01. The van der Waals surface area contributed by atoms with Gasteiger partial charge in [-0.3, -0.25) is 0 Å². The van der Waals surface area contributed by atoms with Crippen LogP contribution < -0.4 is 5.32 Å². The van der Waals surface area contributed by atoms with Crippen molar-refractivity contribution in [2.45, 2.75) is 26.4 Å². The summed E-state index contributed by atoms with van der Waals surface area (Å²) in [6.07, 6.45) is 3.82. The molecule has 2 aromatic heterocycles. The summed E-state index contributed by atoms with van der Waals surface area (Å²) in [6.45, 7) is 5.00. The molecule has 0 aliphatic rings. The van der Waals surface area contributed by atoms with Crippen molar-refractivity contribution >= 4 is 11.5 Å². The Morgan fingerprint density at radius 3 is 2.94 bits per heavy atom. The molecule has 2 heterocycles. The molecular formula is C10H15N5S. The number of aromatic nitrogens is 4. The first-order valence-corrected chi connectivity index (χ1v) is 6.02. The molecule has 0 amide bonds. The normalized spacial score (nSPS) is 12.9. The maximum absolute atomic E-state index is 4.41. The Hall–Kier alpha value is -1.27. The Labute approximate surface area is 98.7 Å². The fraction of sp³-hybridized carbons (Fsp3) is 0.500. The van der Waals surface area contributed by atoms with Crippen LogP contribution in [0.5, 0.6) is 0 Å². The Morgan fingerprint density at radius 1 is 1.56 bits per heavy atom. The number of aryl methyl sites for hydroxylation is 2. The molecule has 0 aromatic carbocycles. The molecule has 2 rings (SSSR count). The van der Waals surface area contributed by atoms with Gasteiger partial charge in [-0.25, -0.2) is 4.98 Å². The second-order valence-corrected chi connectivity index (χ2v) is 4.30. The third-order valence-corrected chi connectivity index (χ3v) is 3.48. The first kappa shape index (κ1) is 11.2. The van der Waals surface area contributed by atoms with Gasteiger partial charge in [0.05, 0.1) is 10.6 Å². The molecule has 0 spiro atoms. The predicted molar refractivity (Wildman–Crippen MR) is 63.4 cm³/mol. The molecule has 1 unspecified atom stereocenters. The lowest BCUT2D eigenvalue weighted by molar-refractivity contribution is 0.594. The quantitative estimate of drug-likeness (QED) is 0.872. The lowest BCUT2D eigenvalue weighted by Gasteiger charge is -2.15. The molecule has 16 heavy (non-hydrogen) atoms. The van der Waals surface area contributed by atoms with Crippen molar-refractivity contribution in [1.82, 2.24) is 24.5 Å². The molecule has 0 bridgehead atoms. The summed E-state index contributed by atoms with van der Waals surface area (Å²) in [7, 11) is 1.93. The van der Waals surface area contributed by atoms with Crippen LogP contribution in [-0.4, -0.2) is 26.2 Å². The Bertz CT molecular complexity index is 461. The minimum Gasteiger partial charge on any atom is -0.334 e. The zero-order chi connectivity index (χ0) is 11.5. The zero-order valence-corrected chi connectivity index (χ0v) is 10.5. The Kier molecular flexibility index (Phi) is 3.31. The molecule has 2 aromatic rings. The van der Waals surface area contributed by atoms with Gasteiger partial charge in [0.25, 0.3) is 0 Å². The van der Waals surface area contributed by atoms with Crippen molar-refractivity contribution in [3.63, 3.8) is 0 Å². The fourth-order valence-electron chi connectivity index (χ4n) is 1.73. The predicted octanol–water partition coefficient (Wildman–Crippen LogP) is 1.37. The summed E-state index contributed by atoms with van der Waals surface area (Å²) < 4.78 is 6.10. The van der Waals surface area contributed by atoms with Crippen molar-refractivity contribution < 1.29 is 0 Å². The van der Waals surface area contributed by atoms with Gasteiger partial charge >= 0.3 is 0 Å². The average molecular weight is 237 g/mol. The van der Waals surface area contributed by atoms with E-state index in [1.165, 1.54) is 11.5 Å². The number of nitrogens with zero attached hydrogens (tertiary/aromatic N) is 4. The lowest BCUT2D eigenvalue weighted by atomic mass is 10.2. The minimum atomic E-state index is 0.0787. The molecule has 0 aliphatic carbocycles. The Morgan fingerprint density at radius 2 is 2.38 bits per heavy atom. The molecule has 86 valence electrons. The highest BCUT2D eigenvalue weighted by atomic mass is 32.1. The summed E-state index contributed by atoms with van der Waals surface area (Å²) in [5, 5.41) is 7.31. The molecule has 0 saturated heterocycles. The van der Waals surface area contributed by atoms with E-state index in [0.29, 0.717) is 0 Å². The third kappa shape index (κ3) is 1.85. The van der Waals surface area contributed by atoms with Gasteiger partial charge in [0.15, 0.2) is 0 Å². The van der Waals surface area contributed by atoms with E-state index in [0.717, 1.165) is 22.9 Å². The highest BCUT2D eigenvalue weighted by Crippen LogP contribution is 2.25. The molecule has 0 radical (unpaired) electrons. The fourth-order valence-corrected chi connectivity index (χ4v) is 2.48. The number of hydrogen-bond acceptors (Lipinski definition) is 5. The standard InChI is InChI=1S/C10H15N5S/c1-4-15-6-5-12-10(15)8(11-3)9-7(2)13-14-16-9/h5-6,8,11H,4H2,1-3H3. The van der Waals surface area contributed by atoms with E-state index in [-0.39, 0.29) is 6.04 Å². The number of hydrogen-bond donors (Lipinski definition) is 1. The van der Waals surface area contributed by atoms with Crippen molar-refractivity contribution in [2.24, 2.45) is 0 Å². The number of nitrogens with one attached hydrogen (secondary N) is 1. The molecular weight excluding hydrogens is 222 g/mol. The van der Waals surface area contributed by atoms with E-state index in [4.69, 9.17) is 0 Å². The van der Waals surface area contributed by atoms with Gasteiger partial charge < -0.3 is 9.88 Å². The number of rotatable bonds is 4. The summed E-state index contributed by atoms with van der Waals surface area (Å²) in [5.41, 5.74) is 0.968. The maximum atomic E-state index is 4.41. The van der Waals surface area contributed by atoms with E-state index in [1.54, 1.807) is 0 Å². The smallest absolute Gasteiger partial charge is 0.131 e. The molecule has 1 atom stereocenters. The topological polar surface area (TPSA) is 55.6 Å². The van der Waals surface area contributed by atoms with Gasteiger partial charge in [-0.05, 0) is 32.4 Å². The van der Waals surface area contributed by atoms with Gasteiger partial charge in [-0.1, -0.05) is 4.49 Å². The van der Waals surface area contributed by atoms with Crippen molar-refractivity contribution in [3.8, 4) is 0 Å². The molecule has 6 heteroatoms. The van der Waals surface area contributed by atoms with E-state index in [9.17, 15) is 0 Å². The molecule has 1 N–H and O–H groups in total. The molecule has 0 fully saturated rings. The van der Waals surface area contributed by atoms with E-state index in [2.05, 4.69) is 31.4 Å². The van der Waals surface area contributed by atoms with Crippen molar-refractivity contribution in [3.05, 3.63) is 28.8 Å². The van der Waals surface area contributed by atoms with Crippen LogP contribution in [0.4, 0.5) is 0 Å². The first-order valence-electron chi connectivity index (χ1n) is 5.25. The second-order valence-electron chi connectivity index (χ2n) is 3.52. The van der Waals surface area contributed by atoms with Gasteiger partial charge in [0.1, 0.15) is 11.9 Å². The van der Waals surface area contributed by atoms with Gasteiger partial charge in [0, 0.05) is 18.9 Å². The van der Waals surface area contributed by atoms with Gasteiger partial charge in [0.2, 0.25) is 0 Å². The molecule has 0 saturated carbocycles. The number of imidazole rings is 1. The second kappa shape index (κ2) is 4.71. The molecule has 0 aliphatic heterocycles. The van der Waals surface area contributed by atoms with E-state index >= 15 is 0 Å². The van der Waals surface area contributed by atoms with E-state index in [1.807, 2.05) is 26.4 Å².